The van der Waals surface area contributed by atoms with E-state index >= 15 is 0 Å². The van der Waals surface area contributed by atoms with Crippen molar-refractivity contribution in [2.45, 2.75) is 13.0 Å². The SMILES string of the molecule is N#Cc1ccc(OCCCn2ccccc2=O)cc1. The molecule has 0 fully saturated rings. The van der Waals surface area contributed by atoms with Crippen molar-refractivity contribution < 1.29 is 4.74 Å². The number of hydrogen-bond donors (Lipinski definition) is 0. The third-order valence-electron chi connectivity index (χ3n) is 2.69. The van der Waals surface area contributed by atoms with Crippen LogP contribution >= 0.6 is 0 Å². The second-order valence-electron chi connectivity index (χ2n) is 4.07. The van der Waals surface area contributed by atoms with Gasteiger partial charge in [0.05, 0.1) is 18.2 Å². The summed E-state index contributed by atoms with van der Waals surface area (Å²) in [5.41, 5.74) is 0.615. The van der Waals surface area contributed by atoms with Crippen molar-refractivity contribution in [3.63, 3.8) is 0 Å². The van der Waals surface area contributed by atoms with Crippen LogP contribution in [0, 0.1) is 11.3 Å². The minimum Gasteiger partial charge on any atom is -0.494 e. The molecule has 0 radical (unpaired) electrons. The van der Waals surface area contributed by atoms with E-state index in [4.69, 9.17) is 10.00 Å². The Kier molecular flexibility index (Phi) is 4.35. The summed E-state index contributed by atoms with van der Waals surface area (Å²) >= 11 is 0. The number of rotatable bonds is 5. The Morgan fingerprint density at radius 2 is 1.95 bits per heavy atom. The molecule has 0 amide bonds. The van der Waals surface area contributed by atoms with E-state index in [1.165, 1.54) is 0 Å². The lowest BCUT2D eigenvalue weighted by atomic mass is 10.2. The normalized spacial score (nSPS) is 9.84. The zero-order valence-electron chi connectivity index (χ0n) is 10.5. The van der Waals surface area contributed by atoms with Gasteiger partial charge in [-0.1, -0.05) is 6.07 Å². The van der Waals surface area contributed by atoms with Crippen molar-refractivity contribution in [2.24, 2.45) is 0 Å². The number of hydrogen-bond acceptors (Lipinski definition) is 3. The van der Waals surface area contributed by atoms with Gasteiger partial charge in [0.15, 0.2) is 0 Å². The summed E-state index contributed by atoms with van der Waals surface area (Å²) in [6, 6.07) is 14.1. The largest absolute Gasteiger partial charge is 0.494 e. The molecule has 0 unspecified atom stereocenters. The highest BCUT2D eigenvalue weighted by Crippen LogP contribution is 2.11. The molecular formula is C15H14N2O2. The van der Waals surface area contributed by atoms with Gasteiger partial charge in [-0.25, -0.2) is 0 Å². The van der Waals surface area contributed by atoms with Crippen LogP contribution in [0.15, 0.2) is 53.5 Å². The average molecular weight is 254 g/mol. The number of aryl methyl sites for hydroxylation is 1. The second-order valence-corrected chi connectivity index (χ2v) is 4.07. The highest BCUT2D eigenvalue weighted by atomic mass is 16.5. The van der Waals surface area contributed by atoms with E-state index < -0.39 is 0 Å². The molecule has 0 bridgehead atoms. The molecule has 19 heavy (non-hydrogen) atoms. The van der Waals surface area contributed by atoms with E-state index in [1.54, 1.807) is 47.2 Å². The highest BCUT2D eigenvalue weighted by molar-refractivity contribution is 5.34. The van der Waals surface area contributed by atoms with Gasteiger partial charge < -0.3 is 9.30 Å². The van der Waals surface area contributed by atoms with Crippen molar-refractivity contribution >= 4 is 0 Å². The molecule has 96 valence electrons. The number of pyridine rings is 1. The highest BCUT2D eigenvalue weighted by Gasteiger charge is 1.96. The van der Waals surface area contributed by atoms with Gasteiger partial charge in [-0.2, -0.15) is 5.26 Å². The van der Waals surface area contributed by atoms with Crippen molar-refractivity contribution in [2.75, 3.05) is 6.61 Å². The Morgan fingerprint density at radius 1 is 1.16 bits per heavy atom. The molecule has 0 atom stereocenters. The smallest absolute Gasteiger partial charge is 0.250 e. The molecule has 2 rings (SSSR count). The maximum atomic E-state index is 11.4. The van der Waals surface area contributed by atoms with E-state index in [0.29, 0.717) is 18.7 Å². The van der Waals surface area contributed by atoms with Gasteiger partial charge in [0.2, 0.25) is 5.56 Å². The quantitative estimate of drug-likeness (QED) is 0.768. The fourth-order valence-corrected chi connectivity index (χ4v) is 1.70. The summed E-state index contributed by atoms with van der Waals surface area (Å²) in [7, 11) is 0. The van der Waals surface area contributed by atoms with Gasteiger partial charge in [0, 0.05) is 18.8 Å². The van der Waals surface area contributed by atoms with Crippen LogP contribution < -0.4 is 10.3 Å². The zero-order chi connectivity index (χ0) is 13.5. The minimum atomic E-state index is 0.000808. The van der Waals surface area contributed by atoms with Crippen LogP contribution in [0.25, 0.3) is 0 Å². The molecule has 0 aliphatic rings. The monoisotopic (exact) mass is 254 g/mol. The second kappa shape index (κ2) is 6.41. The summed E-state index contributed by atoms with van der Waals surface area (Å²) in [5.74, 6) is 0.736. The van der Waals surface area contributed by atoms with Crippen LogP contribution in [0.2, 0.25) is 0 Å². The molecule has 4 nitrogen and oxygen atoms in total. The molecule has 0 N–H and O–H groups in total. The molecule has 0 saturated heterocycles. The van der Waals surface area contributed by atoms with Gasteiger partial charge in [0.1, 0.15) is 5.75 Å². The minimum absolute atomic E-state index is 0.000808. The molecule has 1 heterocycles. The first kappa shape index (κ1) is 12.9. The molecular weight excluding hydrogens is 240 g/mol. The average Bonchev–Trinajstić information content (AvgIpc) is 2.46. The van der Waals surface area contributed by atoms with Crippen LogP contribution in [0.1, 0.15) is 12.0 Å². The Morgan fingerprint density at radius 3 is 2.63 bits per heavy atom. The van der Waals surface area contributed by atoms with Gasteiger partial charge in [-0.3, -0.25) is 4.79 Å². The van der Waals surface area contributed by atoms with Gasteiger partial charge in [-0.05, 0) is 36.8 Å². The van der Waals surface area contributed by atoms with E-state index in [1.807, 2.05) is 6.07 Å². The molecule has 1 aromatic heterocycles. The fourth-order valence-electron chi connectivity index (χ4n) is 1.70. The number of nitrogens with zero attached hydrogens (tertiary/aromatic N) is 2. The third-order valence-corrected chi connectivity index (χ3v) is 2.69. The van der Waals surface area contributed by atoms with Gasteiger partial charge >= 0.3 is 0 Å². The van der Waals surface area contributed by atoms with Crippen LogP contribution in [0.4, 0.5) is 0 Å². The first-order valence-electron chi connectivity index (χ1n) is 6.08. The van der Waals surface area contributed by atoms with Gasteiger partial charge in [0.25, 0.3) is 0 Å². The van der Waals surface area contributed by atoms with Crippen molar-refractivity contribution in [1.82, 2.24) is 4.57 Å². The van der Waals surface area contributed by atoms with Crippen LogP contribution in [-0.2, 0) is 6.54 Å². The number of aromatic nitrogens is 1. The molecule has 0 spiro atoms. The summed E-state index contributed by atoms with van der Waals surface area (Å²) in [4.78, 5) is 11.4. The molecule has 4 heteroatoms. The molecule has 0 aliphatic heterocycles. The van der Waals surface area contributed by atoms with E-state index in [2.05, 4.69) is 6.07 Å². The number of ether oxygens (including phenoxy) is 1. The maximum absolute atomic E-state index is 11.4. The lowest BCUT2D eigenvalue weighted by Gasteiger charge is -2.07. The van der Waals surface area contributed by atoms with E-state index in [0.717, 1.165) is 12.2 Å². The van der Waals surface area contributed by atoms with Crippen molar-refractivity contribution in [1.29, 1.82) is 5.26 Å². The van der Waals surface area contributed by atoms with Crippen LogP contribution in [0.3, 0.4) is 0 Å². The van der Waals surface area contributed by atoms with Crippen LogP contribution in [0.5, 0.6) is 5.75 Å². The first-order valence-corrected chi connectivity index (χ1v) is 6.08. The van der Waals surface area contributed by atoms with Crippen molar-refractivity contribution in [3.05, 3.63) is 64.6 Å². The topological polar surface area (TPSA) is 55.0 Å². The fraction of sp³-hybridized carbons (Fsp3) is 0.200. The Hall–Kier alpha value is -2.54. The lowest BCUT2D eigenvalue weighted by molar-refractivity contribution is 0.301. The number of benzene rings is 1. The first-order chi connectivity index (χ1) is 9.29. The molecule has 0 saturated carbocycles. The standard InChI is InChI=1S/C15H14N2O2/c16-12-13-5-7-14(8-6-13)19-11-3-10-17-9-2-1-4-15(17)18/h1-2,4-9H,3,10-11H2. The summed E-state index contributed by atoms with van der Waals surface area (Å²) in [6.07, 6.45) is 2.52. The molecule has 0 aliphatic carbocycles. The van der Waals surface area contributed by atoms with E-state index in [9.17, 15) is 4.79 Å². The summed E-state index contributed by atoms with van der Waals surface area (Å²) in [6.45, 7) is 1.17. The molecule has 1 aromatic carbocycles. The Labute approximate surface area is 111 Å². The van der Waals surface area contributed by atoms with E-state index in [-0.39, 0.29) is 5.56 Å². The maximum Gasteiger partial charge on any atom is 0.250 e. The Balaban J connectivity index is 1.79. The van der Waals surface area contributed by atoms with Gasteiger partial charge in [-0.15, -0.1) is 0 Å². The lowest BCUT2D eigenvalue weighted by Crippen LogP contribution is -2.18. The summed E-state index contributed by atoms with van der Waals surface area (Å²) < 4.78 is 7.20. The predicted molar refractivity (Wildman–Crippen MR) is 72.0 cm³/mol. The zero-order valence-corrected chi connectivity index (χ0v) is 10.5. The Bertz CT molecular complexity index is 624. The predicted octanol–water partition coefficient (Wildman–Crippen LogP) is 2.19. The van der Waals surface area contributed by atoms with Crippen LogP contribution in [-0.4, -0.2) is 11.2 Å². The molecule has 2 aromatic rings. The number of nitriles is 1. The third kappa shape index (κ3) is 3.71. The van der Waals surface area contributed by atoms with Crippen molar-refractivity contribution in [3.8, 4) is 11.8 Å². The summed E-state index contributed by atoms with van der Waals surface area (Å²) in [5, 5.41) is 8.67.